The highest BCUT2D eigenvalue weighted by Crippen LogP contribution is 1.98. The fourth-order valence-electron chi connectivity index (χ4n) is 1.21. The minimum atomic E-state index is 0.185. The van der Waals surface area contributed by atoms with Gasteiger partial charge in [0.1, 0.15) is 0 Å². The van der Waals surface area contributed by atoms with E-state index in [0.29, 0.717) is 6.17 Å². The molecule has 0 aromatic carbocycles. The van der Waals surface area contributed by atoms with Crippen LogP contribution < -0.4 is 10.6 Å². The Morgan fingerprint density at radius 2 is 1.77 bits per heavy atom. The molecule has 2 N–H and O–H groups in total. The maximum absolute atomic E-state index is 3.46. The molecule has 0 saturated heterocycles. The van der Waals surface area contributed by atoms with Gasteiger partial charge in [0.25, 0.3) is 0 Å². The third kappa shape index (κ3) is 9.80. The van der Waals surface area contributed by atoms with E-state index in [2.05, 4.69) is 57.3 Å². The first-order valence-corrected chi connectivity index (χ1v) is 4.97. The van der Waals surface area contributed by atoms with Crippen molar-refractivity contribution in [2.75, 3.05) is 27.2 Å². The first kappa shape index (κ1) is 12.9. The normalized spacial score (nSPS) is 15.0. The van der Waals surface area contributed by atoms with Gasteiger partial charge >= 0.3 is 0 Å². The van der Waals surface area contributed by atoms with Crippen molar-refractivity contribution < 1.29 is 0 Å². The molecule has 0 rings (SSSR count). The zero-order valence-corrected chi connectivity index (χ0v) is 9.94. The summed E-state index contributed by atoms with van der Waals surface area (Å²) in [4.78, 5) is 2.18. The van der Waals surface area contributed by atoms with Gasteiger partial charge in [0.2, 0.25) is 0 Å². The summed E-state index contributed by atoms with van der Waals surface area (Å²) in [5.74, 6) is 0. The van der Waals surface area contributed by atoms with Crippen LogP contribution in [0.5, 0.6) is 0 Å². The van der Waals surface area contributed by atoms with Crippen molar-refractivity contribution in [3.8, 4) is 0 Å². The lowest BCUT2D eigenvalue weighted by molar-refractivity contribution is 0.316. The van der Waals surface area contributed by atoms with E-state index < -0.39 is 0 Å². The Labute approximate surface area is 82.9 Å². The maximum atomic E-state index is 3.46. The van der Waals surface area contributed by atoms with Crippen LogP contribution in [0.2, 0.25) is 0 Å². The minimum absolute atomic E-state index is 0.185. The molecule has 80 valence electrons. The molecule has 3 heteroatoms. The summed E-state index contributed by atoms with van der Waals surface area (Å²) in [5.41, 5.74) is 0.185. The van der Waals surface area contributed by atoms with Crippen LogP contribution in [0.4, 0.5) is 0 Å². The Morgan fingerprint density at radius 3 is 2.15 bits per heavy atom. The van der Waals surface area contributed by atoms with E-state index in [-0.39, 0.29) is 5.54 Å². The molecule has 13 heavy (non-hydrogen) atoms. The molecule has 0 aliphatic rings. The highest BCUT2D eigenvalue weighted by molar-refractivity contribution is 4.73. The third-order valence-corrected chi connectivity index (χ3v) is 1.66. The molecule has 1 atom stereocenters. The second-order valence-corrected chi connectivity index (χ2v) is 4.87. The van der Waals surface area contributed by atoms with Gasteiger partial charge in [-0.05, 0) is 41.8 Å². The Kier molecular flexibility index (Phi) is 5.53. The average molecular weight is 187 g/mol. The quantitative estimate of drug-likeness (QED) is 0.626. The van der Waals surface area contributed by atoms with Crippen LogP contribution in [-0.2, 0) is 0 Å². The summed E-state index contributed by atoms with van der Waals surface area (Å²) < 4.78 is 0. The van der Waals surface area contributed by atoms with Gasteiger partial charge in [-0.2, -0.15) is 0 Å². The van der Waals surface area contributed by atoms with Gasteiger partial charge in [0, 0.05) is 18.6 Å². The Hall–Kier alpha value is -0.120. The summed E-state index contributed by atoms with van der Waals surface area (Å²) in [6.07, 6.45) is 0.375. The van der Waals surface area contributed by atoms with Gasteiger partial charge in [-0.3, -0.25) is 5.32 Å². The second-order valence-electron chi connectivity index (χ2n) is 4.87. The van der Waals surface area contributed by atoms with Crippen LogP contribution in [0.15, 0.2) is 0 Å². The molecule has 0 fully saturated rings. The van der Waals surface area contributed by atoms with Gasteiger partial charge in [0.05, 0.1) is 6.17 Å². The van der Waals surface area contributed by atoms with Crippen LogP contribution in [0.25, 0.3) is 0 Å². The largest absolute Gasteiger partial charge is 0.308 e. The number of hydrogen-bond acceptors (Lipinski definition) is 3. The fraction of sp³-hybridized carbons (Fsp3) is 1.00. The standard InChI is InChI=1S/C10H25N3/c1-9(12-10(2,3)4)11-7-8-13(5)6/h9,11-12H,7-8H2,1-6H3. The van der Waals surface area contributed by atoms with Crippen LogP contribution in [-0.4, -0.2) is 43.8 Å². The van der Waals surface area contributed by atoms with E-state index in [1.54, 1.807) is 0 Å². The molecule has 1 unspecified atom stereocenters. The van der Waals surface area contributed by atoms with E-state index in [0.717, 1.165) is 13.1 Å². The molecular weight excluding hydrogens is 162 g/mol. The summed E-state index contributed by atoms with van der Waals surface area (Å²) >= 11 is 0. The molecule has 0 aliphatic carbocycles. The van der Waals surface area contributed by atoms with Crippen molar-refractivity contribution >= 4 is 0 Å². The number of nitrogens with zero attached hydrogens (tertiary/aromatic N) is 1. The molecule has 0 aliphatic heterocycles. The van der Waals surface area contributed by atoms with E-state index >= 15 is 0 Å². The van der Waals surface area contributed by atoms with Crippen molar-refractivity contribution in [2.45, 2.75) is 39.4 Å². The van der Waals surface area contributed by atoms with Crippen molar-refractivity contribution in [3.63, 3.8) is 0 Å². The highest BCUT2D eigenvalue weighted by Gasteiger charge is 2.12. The smallest absolute Gasteiger partial charge is 0.0546 e. The van der Waals surface area contributed by atoms with Crippen molar-refractivity contribution in [3.05, 3.63) is 0 Å². The van der Waals surface area contributed by atoms with Crippen molar-refractivity contribution in [1.29, 1.82) is 0 Å². The van der Waals surface area contributed by atoms with Gasteiger partial charge in [-0.25, -0.2) is 0 Å². The summed E-state index contributed by atoms with van der Waals surface area (Å²) in [6.45, 7) is 10.8. The average Bonchev–Trinajstić information content (AvgIpc) is 1.81. The Balaban J connectivity index is 3.46. The highest BCUT2D eigenvalue weighted by atomic mass is 15.2. The first-order valence-electron chi connectivity index (χ1n) is 4.97. The second kappa shape index (κ2) is 5.58. The molecule has 0 bridgehead atoms. The number of rotatable bonds is 5. The van der Waals surface area contributed by atoms with Crippen LogP contribution in [0.1, 0.15) is 27.7 Å². The number of hydrogen-bond donors (Lipinski definition) is 2. The van der Waals surface area contributed by atoms with Crippen LogP contribution in [0, 0.1) is 0 Å². The number of nitrogens with one attached hydrogen (secondary N) is 2. The molecule has 0 saturated carbocycles. The van der Waals surface area contributed by atoms with Gasteiger partial charge < -0.3 is 10.2 Å². The van der Waals surface area contributed by atoms with Gasteiger partial charge in [-0.1, -0.05) is 0 Å². The zero-order chi connectivity index (χ0) is 10.5. The predicted molar refractivity (Wildman–Crippen MR) is 58.9 cm³/mol. The molecule has 3 nitrogen and oxygen atoms in total. The van der Waals surface area contributed by atoms with E-state index in [1.807, 2.05) is 0 Å². The van der Waals surface area contributed by atoms with E-state index in [4.69, 9.17) is 0 Å². The van der Waals surface area contributed by atoms with E-state index in [9.17, 15) is 0 Å². The Morgan fingerprint density at radius 1 is 1.23 bits per heavy atom. The lowest BCUT2D eigenvalue weighted by Gasteiger charge is -2.27. The van der Waals surface area contributed by atoms with Crippen molar-refractivity contribution in [1.82, 2.24) is 15.5 Å². The molecule has 0 heterocycles. The molecule has 0 spiro atoms. The van der Waals surface area contributed by atoms with Gasteiger partial charge in [0.15, 0.2) is 0 Å². The van der Waals surface area contributed by atoms with Crippen LogP contribution in [0.3, 0.4) is 0 Å². The topological polar surface area (TPSA) is 27.3 Å². The predicted octanol–water partition coefficient (Wildman–Crippen LogP) is 0.872. The molecule has 0 aromatic heterocycles. The lowest BCUT2D eigenvalue weighted by Crippen LogP contribution is -2.50. The lowest BCUT2D eigenvalue weighted by atomic mass is 10.1. The SMILES string of the molecule is CC(NCCN(C)C)NC(C)(C)C. The van der Waals surface area contributed by atoms with Crippen LogP contribution >= 0.6 is 0 Å². The monoisotopic (exact) mass is 187 g/mol. The maximum Gasteiger partial charge on any atom is 0.0546 e. The van der Waals surface area contributed by atoms with Crippen molar-refractivity contribution in [2.24, 2.45) is 0 Å². The summed E-state index contributed by atoms with van der Waals surface area (Å²) in [6, 6.07) is 0. The molecule has 0 radical (unpaired) electrons. The first-order chi connectivity index (χ1) is 5.81. The minimum Gasteiger partial charge on any atom is -0.308 e. The number of likely N-dealkylation sites (N-methyl/N-ethyl adjacent to an activating group) is 1. The zero-order valence-electron chi connectivity index (χ0n) is 9.94. The van der Waals surface area contributed by atoms with E-state index in [1.165, 1.54) is 0 Å². The third-order valence-electron chi connectivity index (χ3n) is 1.66. The molecule has 0 aromatic rings. The van der Waals surface area contributed by atoms with Gasteiger partial charge in [-0.15, -0.1) is 0 Å². The summed E-state index contributed by atoms with van der Waals surface area (Å²) in [7, 11) is 4.17. The Bertz CT molecular complexity index is 127. The molecular formula is C10H25N3. The summed E-state index contributed by atoms with van der Waals surface area (Å²) in [5, 5.41) is 6.88. The fourth-order valence-corrected chi connectivity index (χ4v) is 1.21. The molecule has 0 amide bonds.